The van der Waals surface area contributed by atoms with Crippen LogP contribution in [0.1, 0.15) is 12.8 Å². The number of nitrogens with zero attached hydrogens (tertiary/aromatic N) is 3. The topological polar surface area (TPSA) is 64.3 Å². The molecule has 0 aliphatic carbocycles. The minimum absolute atomic E-state index is 0.600. The molecule has 1 fully saturated rings. The van der Waals surface area contributed by atoms with Gasteiger partial charge in [0.05, 0.1) is 18.1 Å². The van der Waals surface area contributed by atoms with E-state index in [4.69, 9.17) is 10.5 Å². The lowest BCUT2D eigenvalue weighted by molar-refractivity contribution is 0.0684. The van der Waals surface area contributed by atoms with E-state index in [0.717, 1.165) is 38.5 Å². The first-order valence-corrected chi connectivity index (χ1v) is 5.62. The summed E-state index contributed by atoms with van der Waals surface area (Å²) in [7, 11) is 2.01. The summed E-state index contributed by atoms with van der Waals surface area (Å²) in [6.07, 6.45) is 5.53. The molecule has 0 amide bonds. The molecule has 0 bridgehead atoms. The van der Waals surface area contributed by atoms with Crippen molar-refractivity contribution in [2.45, 2.75) is 12.8 Å². The van der Waals surface area contributed by atoms with Crippen molar-refractivity contribution in [2.75, 3.05) is 37.4 Å². The van der Waals surface area contributed by atoms with Crippen LogP contribution in [0.3, 0.4) is 0 Å². The van der Waals surface area contributed by atoms with Crippen LogP contribution >= 0.6 is 0 Å². The van der Waals surface area contributed by atoms with Gasteiger partial charge in [-0.3, -0.25) is 0 Å². The molecule has 1 aliphatic rings. The zero-order valence-corrected chi connectivity index (χ0v) is 9.59. The third kappa shape index (κ3) is 2.82. The molecular formula is C11H18N4O. The number of anilines is 2. The molecule has 0 unspecified atom stereocenters. The van der Waals surface area contributed by atoms with Gasteiger partial charge in [-0.1, -0.05) is 0 Å². The Morgan fingerprint density at radius 1 is 1.38 bits per heavy atom. The quantitative estimate of drug-likeness (QED) is 0.824. The predicted octanol–water partition coefficient (Wildman–Crippen LogP) is 0.922. The van der Waals surface area contributed by atoms with E-state index >= 15 is 0 Å². The average Bonchev–Trinajstić information content (AvgIpc) is 2.31. The van der Waals surface area contributed by atoms with Crippen LogP contribution in [0.25, 0.3) is 0 Å². The van der Waals surface area contributed by atoms with Crippen molar-refractivity contribution < 1.29 is 4.74 Å². The number of hydrogen-bond donors (Lipinski definition) is 1. The number of nitrogens with two attached hydrogens (primary N) is 1. The third-order valence-corrected chi connectivity index (χ3v) is 2.87. The van der Waals surface area contributed by atoms with Crippen LogP contribution in [0.15, 0.2) is 12.4 Å². The largest absolute Gasteiger partial charge is 0.396 e. The van der Waals surface area contributed by atoms with Gasteiger partial charge in [0.1, 0.15) is 0 Å². The molecule has 0 aromatic carbocycles. The van der Waals surface area contributed by atoms with Crippen LogP contribution in [-0.4, -0.2) is 36.8 Å². The Kier molecular flexibility index (Phi) is 3.56. The predicted molar refractivity (Wildman–Crippen MR) is 63.3 cm³/mol. The van der Waals surface area contributed by atoms with Crippen LogP contribution in [0.4, 0.5) is 11.6 Å². The summed E-state index contributed by atoms with van der Waals surface area (Å²) in [4.78, 5) is 10.5. The lowest BCUT2D eigenvalue weighted by atomic mass is 10.0. The Hall–Kier alpha value is -1.36. The summed E-state index contributed by atoms with van der Waals surface area (Å²) in [5.41, 5.74) is 6.15. The number of rotatable bonds is 3. The highest BCUT2D eigenvalue weighted by molar-refractivity contribution is 5.37. The second-order valence-electron chi connectivity index (χ2n) is 4.25. The lowest BCUT2D eigenvalue weighted by Gasteiger charge is -2.27. The molecule has 1 aromatic heterocycles. The number of aromatic nitrogens is 2. The second kappa shape index (κ2) is 5.12. The van der Waals surface area contributed by atoms with Gasteiger partial charge in [0.2, 0.25) is 5.95 Å². The minimum atomic E-state index is 0.600. The Bertz CT molecular complexity index is 321. The second-order valence-corrected chi connectivity index (χ2v) is 4.25. The SMILES string of the molecule is CN(CC1CCOCC1)c1ncc(N)cn1. The maximum absolute atomic E-state index is 5.55. The van der Waals surface area contributed by atoms with E-state index in [0.29, 0.717) is 11.6 Å². The van der Waals surface area contributed by atoms with E-state index in [9.17, 15) is 0 Å². The maximum atomic E-state index is 5.55. The van der Waals surface area contributed by atoms with Gasteiger partial charge in [-0.05, 0) is 18.8 Å². The van der Waals surface area contributed by atoms with Gasteiger partial charge < -0.3 is 15.4 Å². The van der Waals surface area contributed by atoms with Crippen LogP contribution in [0.2, 0.25) is 0 Å². The first kappa shape index (κ1) is 11.1. The minimum Gasteiger partial charge on any atom is -0.396 e. The Balaban J connectivity index is 1.91. The molecular weight excluding hydrogens is 204 g/mol. The van der Waals surface area contributed by atoms with Crippen LogP contribution in [0.5, 0.6) is 0 Å². The van der Waals surface area contributed by atoms with E-state index in [1.165, 1.54) is 0 Å². The fraction of sp³-hybridized carbons (Fsp3) is 0.636. The Morgan fingerprint density at radius 2 is 2.00 bits per heavy atom. The normalized spacial score (nSPS) is 17.3. The molecule has 1 aromatic rings. The molecule has 0 atom stereocenters. The first-order valence-electron chi connectivity index (χ1n) is 5.62. The van der Waals surface area contributed by atoms with Crippen molar-refractivity contribution in [1.29, 1.82) is 0 Å². The van der Waals surface area contributed by atoms with Crippen LogP contribution < -0.4 is 10.6 Å². The molecule has 88 valence electrons. The molecule has 2 heterocycles. The van der Waals surface area contributed by atoms with Crippen molar-refractivity contribution in [3.05, 3.63) is 12.4 Å². The number of hydrogen-bond acceptors (Lipinski definition) is 5. The highest BCUT2D eigenvalue weighted by atomic mass is 16.5. The van der Waals surface area contributed by atoms with Gasteiger partial charge in [0.25, 0.3) is 0 Å². The summed E-state index contributed by atoms with van der Waals surface area (Å²) < 4.78 is 5.34. The summed E-state index contributed by atoms with van der Waals surface area (Å²) in [5, 5.41) is 0. The molecule has 5 nitrogen and oxygen atoms in total. The molecule has 1 saturated heterocycles. The number of nitrogen functional groups attached to an aromatic ring is 1. The molecule has 16 heavy (non-hydrogen) atoms. The monoisotopic (exact) mass is 222 g/mol. The first-order chi connectivity index (χ1) is 7.75. The van der Waals surface area contributed by atoms with E-state index in [-0.39, 0.29) is 0 Å². The molecule has 2 rings (SSSR count). The van der Waals surface area contributed by atoms with Crippen molar-refractivity contribution in [2.24, 2.45) is 5.92 Å². The standard InChI is InChI=1S/C11H18N4O/c1-15(8-9-2-4-16-5-3-9)11-13-6-10(12)7-14-11/h6-7,9H,2-5,8,12H2,1H3. The molecule has 0 saturated carbocycles. The highest BCUT2D eigenvalue weighted by Gasteiger charge is 2.16. The lowest BCUT2D eigenvalue weighted by Crippen LogP contribution is -2.30. The smallest absolute Gasteiger partial charge is 0.225 e. The maximum Gasteiger partial charge on any atom is 0.225 e. The van der Waals surface area contributed by atoms with E-state index in [1.54, 1.807) is 12.4 Å². The van der Waals surface area contributed by atoms with Crippen molar-refractivity contribution in [3.8, 4) is 0 Å². The van der Waals surface area contributed by atoms with Crippen molar-refractivity contribution in [1.82, 2.24) is 9.97 Å². The van der Waals surface area contributed by atoms with Gasteiger partial charge in [0, 0.05) is 26.8 Å². The Labute approximate surface area is 95.6 Å². The molecule has 1 aliphatic heterocycles. The highest BCUT2D eigenvalue weighted by Crippen LogP contribution is 2.17. The fourth-order valence-corrected chi connectivity index (χ4v) is 1.93. The van der Waals surface area contributed by atoms with Crippen molar-refractivity contribution in [3.63, 3.8) is 0 Å². The van der Waals surface area contributed by atoms with Gasteiger partial charge in [0.15, 0.2) is 0 Å². The summed E-state index contributed by atoms with van der Waals surface area (Å²) in [6, 6.07) is 0. The third-order valence-electron chi connectivity index (χ3n) is 2.87. The average molecular weight is 222 g/mol. The molecule has 0 spiro atoms. The zero-order valence-electron chi connectivity index (χ0n) is 9.59. The summed E-state index contributed by atoms with van der Waals surface area (Å²) in [6.45, 7) is 2.73. The van der Waals surface area contributed by atoms with Crippen molar-refractivity contribution >= 4 is 11.6 Å². The van der Waals surface area contributed by atoms with Gasteiger partial charge in [-0.15, -0.1) is 0 Å². The van der Waals surface area contributed by atoms with E-state index in [1.807, 2.05) is 7.05 Å². The molecule has 0 radical (unpaired) electrons. The van der Waals surface area contributed by atoms with Gasteiger partial charge >= 0.3 is 0 Å². The van der Waals surface area contributed by atoms with Gasteiger partial charge in [-0.25, -0.2) is 9.97 Å². The fourth-order valence-electron chi connectivity index (χ4n) is 1.93. The Morgan fingerprint density at radius 3 is 2.62 bits per heavy atom. The van der Waals surface area contributed by atoms with Crippen LogP contribution in [0, 0.1) is 5.92 Å². The van der Waals surface area contributed by atoms with E-state index < -0.39 is 0 Å². The van der Waals surface area contributed by atoms with E-state index in [2.05, 4.69) is 14.9 Å². The summed E-state index contributed by atoms with van der Waals surface area (Å²) >= 11 is 0. The molecule has 5 heteroatoms. The summed E-state index contributed by atoms with van der Waals surface area (Å²) in [5.74, 6) is 1.42. The van der Waals surface area contributed by atoms with Crippen LogP contribution in [-0.2, 0) is 4.74 Å². The number of ether oxygens (including phenoxy) is 1. The zero-order chi connectivity index (χ0) is 11.4. The van der Waals surface area contributed by atoms with Gasteiger partial charge in [-0.2, -0.15) is 0 Å². The molecule has 2 N–H and O–H groups in total.